The molecule has 116 valence electrons. The Bertz CT molecular complexity index is 620. The highest BCUT2D eigenvalue weighted by Crippen LogP contribution is 2.56. The van der Waals surface area contributed by atoms with Gasteiger partial charge in [-0.3, -0.25) is 4.90 Å². The molecule has 2 aliphatic carbocycles. The van der Waals surface area contributed by atoms with Crippen molar-refractivity contribution >= 4 is 0 Å². The number of ether oxygens (including phenoxy) is 1. The van der Waals surface area contributed by atoms with E-state index in [0.717, 1.165) is 24.6 Å². The lowest BCUT2D eigenvalue weighted by molar-refractivity contribution is -0.00439. The van der Waals surface area contributed by atoms with Gasteiger partial charge in [0.2, 0.25) is 0 Å². The van der Waals surface area contributed by atoms with Crippen LogP contribution in [0.1, 0.15) is 43.2 Å². The number of hydrogen-bond acceptors (Lipinski definition) is 3. The number of hydrogen-bond donors (Lipinski definition) is 0. The topological polar surface area (TPSA) is 36.3 Å². The zero-order valence-corrected chi connectivity index (χ0v) is 13.3. The molecule has 1 aromatic carbocycles. The molecule has 0 unspecified atom stereocenters. The molecular weight excluding hydrogens is 272 g/mol. The fraction of sp³-hybridized carbons (Fsp3) is 0.632. The van der Waals surface area contributed by atoms with Gasteiger partial charge in [0.25, 0.3) is 0 Å². The monoisotopic (exact) mass is 296 g/mol. The summed E-state index contributed by atoms with van der Waals surface area (Å²) in [6.45, 7) is 1.66. The first-order valence-electron chi connectivity index (χ1n) is 8.57. The number of benzene rings is 1. The van der Waals surface area contributed by atoms with Gasteiger partial charge in [0.1, 0.15) is 5.75 Å². The van der Waals surface area contributed by atoms with E-state index in [-0.39, 0.29) is 0 Å². The van der Waals surface area contributed by atoms with Gasteiger partial charge in [0, 0.05) is 18.0 Å². The van der Waals surface area contributed by atoms with E-state index in [1.807, 2.05) is 0 Å². The second-order valence-electron chi connectivity index (χ2n) is 7.18. The molecule has 2 fully saturated rings. The molecule has 4 rings (SSSR count). The average molecular weight is 296 g/mol. The summed E-state index contributed by atoms with van der Waals surface area (Å²) in [5.74, 6) is 1.72. The summed E-state index contributed by atoms with van der Waals surface area (Å²) in [5, 5.41) is 9.17. The molecule has 0 N–H and O–H groups in total. The largest absolute Gasteiger partial charge is 0.497 e. The zero-order valence-electron chi connectivity index (χ0n) is 13.3. The number of fused-ring (bicyclic) bond motifs is 1. The maximum atomic E-state index is 9.17. The van der Waals surface area contributed by atoms with Crippen molar-refractivity contribution in [1.82, 2.24) is 4.90 Å². The molecule has 0 amide bonds. The molecule has 1 heterocycles. The molecule has 0 radical (unpaired) electrons. The fourth-order valence-electron chi connectivity index (χ4n) is 5.48. The minimum Gasteiger partial charge on any atom is -0.497 e. The van der Waals surface area contributed by atoms with Crippen molar-refractivity contribution in [2.24, 2.45) is 5.92 Å². The third kappa shape index (κ3) is 1.90. The Morgan fingerprint density at radius 3 is 3.09 bits per heavy atom. The standard InChI is InChI=1S/C19H24N2O/c1-22-15-6-5-14-12-18-16-4-2-3-7-19(16,17(14)13-15)8-10-21(18)11-9-20/h5-6,13,16,18H,2-4,7-8,10-12H2,1H3/t16-,18+,19+/m1/s1. The molecule has 1 saturated carbocycles. The van der Waals surface area contributed by atoms with Crippen LogP contribution >= 0.6 is 0 Å². The van der Waals surface area contributed by atoms with Gasteiger partial charge in [-0.25, -0.2) is 0 Å². The Morgan fingerprint density at radius 2 is 2.27 bits per heavy atom. The molecule has 0 aromatic heterocycles. The minimum atomic E-state index is 0.344. The normalized spacial score (nSPS) is 33.5. The third-order valence-electron chi connectivity index (χ3n) is 6.43. The van der Waals surface area contributed by atoms with E-state index >= 15 is 0 Å². The second kappa shape index (κ2) is 5.28. The second-order valence-corrected chi connectivity index (χ2v) is 7.18. The lowest BCUT2D eigenvalue weighted by Gasteiger charge is -2.58. The van der Waals surface area contributed by atoms with Crippen molar-refractivity contribution in [3.63, 3.8) is 0 Å². The molecule has 3 nitrogen and oxygen atoms in total. The maximum Gasteiger partial charge on any atom is 0.119 e. The van der Waals surface area contributed by atoms with E-state index in [4.69, 9.17) is 10.00 Å². The summed E-state index contributed by atoms with van der Waals surface area (Å²) in [5.41, 5.74) is 3.40. The Kier molecular flexibility index (Phi) is 3.38. The van der Waals surface area contributed by atoms with Crippen LogP contribution in [0.2, 0.25) is 0 Å². The van der Waals surface area contributed by atoms with Gasteiger partial charge in [-0.15, -0.1) is 0 Å². The fourth-order valence-corrected chi connectivity index (χ4v) is 5.48. The van der Waals surface area contributed by atoms with Crippen molar-refractivity contribution in [2.45, 2.75) is 50.0 Å². The third-order valence-corrected chi connectivity index (χ3v) is 6.43. The van der Waals surface area contributed by atoms with E-state index < -0.39 is 0 Å². The van der Waals surface area contributed by atoms with Crippen LogP contribution in [-0.4, -0.2) is 31.1 Å². The Hall–Kier alpha value is -1.53. The van der Waals surface area contributed by atoms with E-state index in [1.54, 1.807) is 12.7 Å². The molecule has 22 heavy (non-hydrogen) atoms. The van der Waals surface area contributed by atoms with E-state index in [1.165, 1.54) is 37.7 Å². The summed E-state index contributed by atoms with van der Waals surface area (Å²) in [7, 11) is 1.76. The molecule has 3 aliphatic rings. The summed E-state index contributed by atoms with van der Waals surface area (Å²) >= 11 is 0. The molecule has 3 atom stereocenters. The van der Waals surface area contributed by atoms with Gasteiger partial charge < -0.3 is 4.74 Å². The highest BCUT2D eigenvalue weighted by molar-refractivity contribution is 5.45. The first-order valence-corrected chi connectivity index (χ1v) is 8.57. The van der Waals surface area contributed by atoms with E-state index in [2.05, 4.69) is 29.2 Å². The quantitative estimate of drug-likeness (QED) is 0.786. The number of rotatable bonds is 2. The number of methoxy groups -OCH3 is 1. The molecule has 2 bridgehead atoms. The first kappa shape index (κ1) is 14.1. The minimum absolute atomic E-state index is 0.344. The number of likely N-dealkylation sites (tertiary alicyclic amines) is 1. The van der Waals surface area contributed by atoms with Crippen molar-refractivity contribution in [2.75, 3.05) is 20.2 Å². The van der Waals surface area contributed by atoms with Gasteiger partial charge in [-0.05, 0) is 54.9 Å². The Morgan fingerprint density at radius 1 is 1.36 bits per heavy atom. The summed E-state index contributed by atoms with van der Waals surface area (Å²) in [4.78, 5) is 2.45. The van der Waals surface area contributed by atoms with Crippen molar-refractivity contribution in [3.8, 4) is 11.8 Å². The smallest absolute Gasteiger partial charge is 0.119 e. The highest BCUT2D eigenvalue weighted by atomic mass is 16.5. The predicted octanol–water partition coefficient (Wildman–Crippen LogP) is 3.28. The Labute approximate surface area is 132 Å². The Balaban J connectivity index is 1.82. The number of nitriles is 1. The molecule has 0 spiro atoms. The van der Waals surface area contributed by atoms with Gasteiger partial charge in [-0.1, -0.05) is 18.9 Å². The SMILES string of the molecule is COc1ccc2c(c1)[C@]13CCCC[C@@H]1[C@H](C2)N(CC#N)CC3. The van der Waals surface area contributed by atoms with Gasteiger partial charge in [0.05, 0.1) is 19.7 Å². The molecule has 3 heteroatoms. The van der Waals surface area contributed by atoms with Crippen molar-refractivity contribution < 1.29 is 4.74 Å². The van der Waals surface area contributed by atoms with Crippen LogP contribution in [0.3, 0.4) is 0 Å². The molecule has 1 aromatic rings. The summed E-state index contributed by atoms with van der Waals surface area (Å²) in [6, 6.07) is 9.62. The van der Waals surface area contributed by atoms with Gasteiger partial charge in [0.15, 0.2) is 0 Å². The van der Waals surface area contributed by atoms with Crippen LogP contribution in [0, 0.1) is 17.2 Å². The van der Waals surface area contributed by atoms with Gasteiger partial charge >= 0.3 is 0 Å². The van der Waals surface area contributed by atoms with Crippen LogP contribution < -0.4 is 4.74 Å². The molecule has 1 aliphatic heterocycles. The summed E-state index contributed by atoms with van der Waals surface area (Å²) in [6.07, 6.45) is 7.64. The maximum absolute atomic E-state index is 9.17. The lowest BCUT2D eigenvalue weighted by atomic mass is 9.52. The van der Waals surface area contributed by atoms with E-state index in [0.29, 0.717) is 18.0 Å². The molecule has 1 saturated heterocycles. The predicted molar refractivity (Wildman–Crippen MR) is 85.9 cm³/mol. The lowest BCUT2D eigenvalue weighted by Crippen LogP contribution is -2.60. The van der Waals surface area contributed by atoms with Crippen LogP contribution in [0.25, 0.3) is 0 Å². The van der Waals surface area contributed by atoms with Crippen molar-refractivity contribution in [1.29, 1.82) is 5.26 Å². The van der Waals surface area contributed by atoms with Crippen molar-refractivity contribution in [3.05, 3.63) is 29.3 Å². The van der Waals surface area contributed by atoms with Gasteiger partial charge in [-0.2, -0.15) is 5.26 Å². The van der Waals surface area contributed by atoms with Crippen LogP contribution in [0.4, 0.5) is 0 Å². The van der Waals surface area contributed by atoms with E-state index in [9.17, 15) is 0 Å². The first-order chi connectivity index (χ1) is 10.8. The average Bonchev–Trinajstić information content (AvgIpc) is 2.57. The van der Waals surface area contributed by atoms with Crippen LogP contribution in [0.5, 0.6) is 5.75 Å². The zero-order chi connectivity index (χ0) is 15.2. The number of piperidine rings is 1. The van der Waals surface area contributed by atoms with Crippen LogP contribution in [0.15, 0.2) is 18.2 Å². The number of nitrogens with zero attached hydrogens (tertiary/aromatic N) is 2. The summed E-state index contributed by atoms with van der Waals surface area (Å²) < 4.78 is 5.50. The highest BCUT2D eigenvalue weighted by Gasteiger charge is 2.53. The molecular formula is C19H24N2O. The van der Waals surface area contributed by atoms with Crippen LogP contribution in [-0.2, 0) is 11.8 Å².